The van der Waals surface area contributed by atoms with Crippen molar-refractivity contribution < 1.29 is 57.1 Å². The summed E-state index contributed by atoms with van der Waals surface area (Å²) in [5.74, 6) is -1.31. The molecule has 0 aromatic heterocycles. The first-order chi connectivity index (χ1) is 29.3. The first-order valence-electron chi connectivity index (χ1n) is 21.9. The summed E-state index contributed by atoms with van der Waals surface area (Å²) in [5.41, 5.74) is -2.12. The highest BCUT2D eigenvalue weighted by atomic mass is 16.6. The second-order valence-corrected chi connectivity index (χ2v) is 20.9. The molecule has 0 bridgehead atoms. The van der Waals surface area contributed by atoms with Crippen molar-refractivity contribution in [2.45, 2.75) is 151 Å². The van der Waals surface area contributed by atoms with E-state index in [4.69, 9.17) is 33.2 Å². The van der Waals surface area contributed by atoms with Crippen LogP contribution in [0.2, 0.25) is 0 Å². The second kappa shape index (κ2) is 24.0. The van der Waals surface area contributed by atoms with E-state index in [9.17, 15) is 24.0 Å². The molecule has 0 saturated carbocycles. The molecule has 0 saturated heterocycles. The van der Waals surface area contributed by atoms with Crippen molar-refractivity contribution in [1.82, 2.24) is 14.7 Å². The molecule has 0 aliphatic rings. The number of hydrogen-bond acceptors (Lipinski definition) is 15. The second-order valence-electron chi connectivity index (χ2n) is 20.9. The monoisotopic (exact) mass is 900 g/mol. The topological polar surface area (TPSA) is 160 Å². The Kier molecular flexibility index (Phi) is 20.8. The molecule has 0 fully saturated rings. The molecular weight excluding hydrogens is 823 g/mol. The van der Waals surface area contributed by atoms with Crippen LogP contribution in [-0.2, 0) is 60.7 Å². The number of hydrogen-bond donors (Lipinski definition) is 0. The average molecular weight is 900 g/mol. The van der Waals surface area contributed by atoms with Crippen molar-refractivity contribution >= 4 is 29.8 Å². The molecular formula is C49H77N3O12. The number of nitrogens with zero attached hydrogens (tertiary/aromatic N) is 3. The lowest BCUT2D eigenvalue weighted by molar-refractivity contribution is -0.162. The Morgan fingerprint density at radius 1 is 0.453 bits per heavy atom. The van der Waals surface area contributed by atoms with E-state index in [1.807, 2.05) is 53.4 Å². The molecule has 64 heavy (non-hydrogen) atoms. The van der Waals surface area contributed by atoms with Gasteiger partial charge in [-0.15, -0.1) is 0 Å². The third kappa shape index (κ3) is 25.5. The van der Waals surface area contributed by atoms with Crippen molar-refractivity contribution in [1.29, 1.82) is 0 Å². The Labute approximate surface area is 382 Å². The molecule has 15 nitrogen and oxygen atoms in total. The van der Waals surface area contributed by atoms with Crippen LogP contribution in [0.15, 0.2) is 48.5 Å². The number of benzene rings is 2. The predicted molar refractivity (Wildman–Crippen MR) is 245 cm³/mol. The number of ether oxygens (including phenoxy) is 7. The fourth-order valence-corrected chi connectivity index (χ4v) is 6.28. The first kappa shape index (κ1) is 55.4. The molecule has 2 aromatic rings. The van der Waals surface area contributed by atoms with E-state index in [-0.39, 0.29) is 52.4 Å². The van der Waals surface area contributed by atoms with Crippen LogP contribution in [0.1, 0.15) is 115 Å². The molecule has 360 valence electrons. The van der Waals surface area contributed by atoms with Crippen molar-refractivity contribution in [3.05, 3.63) is 59.7 Å². The quantitative estimate of drug-likeness (QED) is 0.0897. The maximum absolute atomic E-state index is 13.6. The molecule has 0 heterocycles. The van der Waals surface area contributed by atoms with Crippen molar-refractivity contribution in [3.8, 4) is 11.5 Å². The zero-order chi connectivity index (χ0) is 48.7. The summed E-state index contributed by atoms with van der Waals surface area (Å²) in [7, 11) is 1.61. The molecule has 0 aliphatic carbocycles. The Balaban J connectivity index is 2.63. The van der Waals surface area contributed by atoms with E-state index in [1.54, 1.807) is 121 Å². The van der Waals surface area contributed by atoms with Gasteiger partial charge in [0, 0.05) is 25.7 Å². The zero-order valence-electron chi connectivity index (χ0n) is 41.5. The van der Waals surface area contributed by atoms with Crippen LogP contribution < -0.4 is 9.47 Å². The Morgan fingerprint density at radius 2 is 0.781 bits per heavy atom. The van der Waals surface area contributed by atoms with Gasteiger partial charge in [-0.3, -0.25) is 38.7 Å². The van der Waals surface area contributed by atoms with E-state index in [0.29, 0.717) is 18.8 Å². The number of carbonyl (C=O) groups is 5. The van der Waals surface area contributed by atoms with Gasteiger partial charge in [-0.2, -0.15) is 0 Å². The fraction of sp³-hybridized carbons (Fsp3) is 0.653. The molecule has 0 radical (unpaired) electrons. The maximum Gasteiger partial charge on any atom is 0.320 e. The summed E-state index contributed by atoms with van der Waals surface area (Å²) in [5, 5.41) is 0. The lowest BCUT2D eigenvalue weighted by atomic mass is 10.0. The highest BCUT2D eigenvalue weighted by Gasteiger charge is 2.32. The smallest absolute Gasteiger partial charge is 0.320 e. The van der Waals surface area contributed by atoms with Gasteiger partial charge < -0.3 is 33.2 Å². The van der Waals surface area contributed by atoms with Crippen LogP contribution in [-0.4, -0.2) is 138 Å². The van der Waals surface area contributed by atoms with Gasteiger partial charge in [0.15, 0.2) is 0 Å². The van der Waals surface area contributed by atoms with Crippen molar-refractivity contribution in [2.24, 2.45) is 0 Å². The van der Waals surface area contributed by atoms with Crippen LogP contribution in [0, 0.1) is 0 Å². The standard InChI is InChI=1S/C49H77N3O12/c1-45(2,3)60-40(53)29-50(25-26-51(30-41(54)61-46(4,5)6)31-42(55)62-47(7,8)9)28-37(52(32-43(56)63-48(10,11)12)33-44(57)64-49(13,14)15)27-35-17-23-39(24-18-35)59-34-36-19-21-38(58-16)22-20-36/h17-24,37H,25-34H2,1-16H3. The van der Waals surface area contributed by atoms with E-state index in [2.05, 4.69) is 0 Å². The van der Waals surface area contributed by atoms with Crippen molar-refractivity contribution in [3.63, 3.8) is 0 Å². The van der Waals surface area contributed by atoms with Gasteiger partial charge in [-0.1, -0.05) is 24.3 Å². The van der Waals surface area contributed by atoms with E-state index < -0.39 is 63.9 Å². The fourth-order valence-electron chi connectivity index (χ4n) is 6.28. The third-order valence-electron chi connectivity index (χ3n) is 8.50. The van der Waals surface area contributed by atoms with E-state index in [0.717, 1.165) is 16.9 Å². The maximum atomic E-state index is 13.6. The number of carbonyl (C=O) groups excluding carboxylic acids is 5. The molecule has 1 unspecified atom stereocenters. The lowest BCUT2D eigenvalue weighted by Crippen LogP contribution is -2.52. The minimum Gasteiger partial charge on any atom is -0.497 e. The predicted octanol–water partition coefficient (Wildman–Crippen LogP) is 6.80. The molecule has 2 rings (SSSR count). The molecule has 0 N–H and O–H groups in total. The number of rotatable bonds is 22. The minimum absolute atomic E-state index is 0.131. The van der Waals surface area contributed by atoms with Gasteiger partial charge in [0.1, 0.15) is 46.1 Å². The van der Waals surface area contributed by atoms with Crippen LogP contribution >= 0.6 is 0 Å². The molecule has 0 amide bonds. The first-order valence-corrected chi connectivity index (χ1v) is 21.9. The largest absolute Gasteiger partial charge is 0.497 e. The highest BCUT2D eigenvalue weighted by Crippen LogP contribution is 2.21. The molecule has 15 heteroatoms. The van der Waals surface area contributed by atoms with Gasteiger partial charge in [-0.05, 0) is 146 Å². The number of esters is 5. The van der Waals surface area contributed by atoms with Gasteiger partial charge in [0.2, 0.25) is 0 Å². The zero-order valence-corrected chi connectivity index (χ0v) is 41.5. The summed E-state index contributed by atoms with van der Waals surface area (Å²) >= 11 is 0. The molecule has 1 atom stereocenters. The Bertz CT molecular complexity index is 1740. The van der Waals surface area contributed by atoms with Gasteiger partial charge >= 0.3 is 29.8 Å². The molecule has 0 aliphatic heterocycles. The van der Waals surface area contributed by atoms with Gasteiger partial charge in [0.25, 0.3) is 0 Å². The minimum atomic E-state index is -0.805. The van der Waals surface area contributed by atoms with Crippen LogP contribution in [0.5, 0.6) is 11.5 Å². The Morgan fingerprint density at radius 3 is 1.16 bits per heavy atom. The highest BCUT2D eigenvalue weighted by molar-refractivity contribution is 5.76. The van der Waals surface area contributed by atoms with E-state index >= 15 is 0 Å². The third-order valence-corrected chi connectivity index (χ3v) is 8.50. The Hall–Kier alpha value is -4.73. The lowest BCUT2D eigenvalue weighted by Gasteiger charge is -2.36. The van der Waals surface area contributed by atoms with Crippen molar-refractivity contribution in [2.75, 3.05) is 59.5 Å². The molecule has 0 spiro atoms. The summed E-state index contributed by atoms with van der Waals surface area (Å²) in [4.78, 5) is 72.2. The van der Waals surface area contributed by atoms with Crippen LogP contribution in [0.3, 0.4) is 0 Å². The van der Waals surface area contributed by atoms with Gasteiger partial charge in [0.05, 0.1) is 39.8 Å². The van der Waals surface area contributed by atoms with E-state index in [1.165, 1.54) is 0 Å². The van der Waals surface area contributed by atoms with Gasteiger partial charge in [-0.25, -0.2) is 0 Å². The average Bonchev–Trinajstić information content (AvgIpc) is 3.09. The summed E-state index contributed by atoms with van der Waals surface area (Å²) < 4.78 is 39.8. The number of methoxy groups -OCH3 is 1. The summed E-state index contributed by atoms with van der Waals surface area (Å²) in [6, 6.07) is 14.5. The SMILES string of the molecule is COc1ccc(COc2ccc(CC(CN(CCN(CC(=O)OC(C)(C)C)CC(=O)OC(C)(C)C)CC(=O)OC(C)(C)C)N(CC(=O)OC(C)(C)C)CC(=O)OC(C)(C)C)cc2)cc1. The summed E-state index contributed by atoms with van der Waals surface area (Å²) in [6.07, 6.45) is 0.314. The molecule has 2 aromatic carbocycles. The van der Waals surface area contributed by atoms with Crippen LogP contribution in [0.25, 0.3) is 0 Å². The normalized spacial score (nSPS) is 13.0. The summed E-state index contributed by atoms with van der Waals surface area (Å²) in [6.45, 7) is 26.0. The van der Waals surface area contributed by atoms with Crippen LogP contribution in [0.4, 0.5) is 0 Å².